The molecule has 0 atom stereocenters. The molecule has 7 nitrogen and oxygen atoms in total. The van der Waals surface area contributed by atoms with Gasteiger partial charge in [0.2, 0.25) is 0 Å². The van der Waals surface area contributed by atoms with Gasteiger partial charge in [0.25, 0.3) is 0 Å². The first kappa shape index (κ1) is 13.3. The molecule has 2 aromatic heterocycles. The maximum atomic E-state index is 11.4. The Labute approximate surface area is 120 Å². The van der Waals surface area contributed by atoms with Crippen molar-refractivity contribution in [3.8, 4) is 0 Å². The molecular weight excluding hydrogens is 270 g/mol. The average Bonchev–Trinajstić information content (AvgIpc) is 2.99. The number of aromatic carboxylic acids is 1. The minimum atomic E-state index is -0.944. The number of carboxylic acids is 1. The van der Waals surface area contributed by atoms with Crippen molar-refractivity contribution in [2.75, 3.05) is 0 Å². The highest BCUT2D eigenvalue weighted by atomic mass is 16.4. The standard InChI is InChI=1S/C14H15N5O2/c1-9-16-11-5-3-4-10(14(20)21)13(11)19(9)7-6-12-17-15-8-18(12)2/h3-5,8H,6-7H2,1-2H3,(H,20,21). The molecular formula is C14H15N5O2. The molecule has 7 heteroatoms. The third kappa shape index (κ3) is 2.26. The van der Waals surface area contributed by atoms with Gasteiger partial charge >= 0.3 is 5.97 Å². The molecule has 3 rings (SSSR count). The van der Waals surface area contributed by atoms with E-state index in [1.165, 1.54) is 0 Å². The number of nitrogens with zero attached hydrogens (tertiary/aromatic N) is 5. The van der Waals surface area contributed by atoms with Crippen LogP contribution >= 0.6 is 0 Å². The van der Waals surface area contributed by atoms with E-state index in [0.717, 1.165) is 11.6 Å². The first-order valence-electron chi connectivity index (χ1n) is 6.60. The minimum absolute atomic E-state index is 0.270. The van der Waals surface area contributed by atoms with Crippen molar-refractivity contribution in [3.05, 3.63) is 41.7 Å². The highest BCUT2D eigenvalue weighted by molar-refractivity contribution is 6.01. The van der Waals surface area contributed by atoms with Crippen LogP contribution in [0.15, 0.2) is 24.5 Å². The summed E-state index contributed by atoms with van der Waals surface area (Å²) in [6.45, 7) is 2.49. The smallest absolute Gasteiger partial charge is 0.337 e. The monoisotopic (exact) mass is 285 g/mol. The Morgan fingerprint density at radius 3 is 2.86 bits per heavy atom. The molecule has 0 spiro atoms. The number of carbonyl (C=O) groups is 1. The van der Waals surface area contributed by atoms with Crippen LogP contribution in [0.2, 0.25) is 0 Å². The van der Waals surface area contributed by atoms with Gasteiger partial charge in [-0.25, -0.2) is 9.78 Å². The third-order valence-corrected chi connectivity index (χ3v) is 3.55. The lowest BCUT2D eigenvalue weighted by atomic mass is 10.2. The van der Waals surface area contributed by atoms with Crippen LogP contribution in [0.25, 0.3) is 11.0 Å². The highest BCUT2D eigenvalue weighted by Gasteiger charge is 2.16. The number of hydrogen-bond acceptors (Lipinski definition) is 4. The maximum Gasteiger partial charge on any atom is 0.337 e. The summed E-state index contributed by atoms with van der Waals surface area (Å²) in [7, 11) is 1.89. The predicted molar refractivity (Wildman–Crippen MR) is 76.1 cm³/mol. The van der Waals surface area contributed by atoms with Gasteiger partial charge in [-0.2, -0.15) is 0 Å². The van der Waals surface area contributed by atoms with Crippen LogP contribution in [0.5, 0.6) is 0 Å². The third-order valence-electron chi connectivity index (χ3n) is 3.55. The average molecular weight is 285 g/mol. The van der Waals surface area contributed by atoms with Crippen molar-refractivity contribution < 1.29 is 9.90 Å². The van der Waals surface area contributed by atoms with Gasteiger partial charge in [-0.3, -0.25) is 0 Å². The van der Waals surface area contributed by atoms with E-state index in [1.54, 1.807) is 18.5 Å². The van der Waals surface area contributed by atoms with Gasteiger partial charge in [0.05, 0.1) is 16.6 Å². The fourth-order valence-electron chi connectivity index (χ4n) is 2.49. The van der Waals surface area contributed by atoms with E-state index in [0.29, 0.717) is 24.0 Å². The van der Waals surface area contributed by atoms with E-state index in [4.69, 9.17) is 0 Å². The molecule has 1 aromatic carbocycles. The Balaban J connectivity index is 2.03. The van der Waals surface area contributed by atoms with E-state index in [-0.39, 0.29) is 5.56 Å². The fourth-order valence-corrected chi connectivity index (χ4v) is 2.49. The first-order chi connectivity index (χ1) is 10.1. The van der Waals surface area contributed by atoms with Crippen molar-refractivity contribution in [3.63, 3.8) is 0 Å². The van der Waals surface area contributed by atoms with Gasteiger partial charge in [0.1, 0.15) is 18.0 Å². The highest BCUT2D eigenvalue weighted by Crippen LogP contribution is 2.21. The number of carboxylic acid groups (broad SMARTS) is 1. The minimum Gasteiger partial charge on any atom is -0.478 e. The molecule has 21 heavy (non-hydrogen) atoms. The van der Waals surface area contributed by atoms with Crippen molar-refractivity contribution in [1.82, 2.24) is 24.3 Å². The Kier molecular flexibility index (Phi) is 3.17. The lowest BCUT2D eigenvalue weighted by Crippen LogP contribution is -2.09. The van der Waals surface area contributed by atoms with Crippen molar-refractivity contribution in [2.24, 2.45) is 7.05 Å². The lowest BCUT2D eigenvalue weighted by Gasteiger charge is -2.08. The SMILES string of the molecule is Cc1nc2cccc(C(=O)O)c2n1CCc1nncn1C. The summed E-state index contributed by atoms with van der Waals surface area (Å²) in [6, 6.07) is 5.14. The lowest BCUT2D eigenvalue weighted by molar-refractivity contribution is 0.0698. The predicted octanol–water partition coefficient (Wildman–Crippen LogP) is 1.41. The molecule has 3 aromatic rings. The molecule has 0 saturated heterocycles. The maximum absolute atomic E-state index is 11.4. The second-order valence-electron chi connectivity index (χ2n) is 4.90. The Morgan fingerprint density at radius 2 is 2.19 bits per heavy atom. The Hall–Kier alpha value is -2.70. The number of benzene rings is 1. The summed E-state index contributed by atoms with van der Waals surface area (Å²) in [5.74, 6) is 0.699. The summed E-state index contributed by atoms with van der Waals surface area (Å²) in [4.78, 5) is 15.8. The fraction of sp³-hybridized carbons (Fsp3) is 0.286. The molecule has 0 unspecified atom stereocenters. The molecule has 0 bridgehead atoms. The molecule has 0 saturated carbocycles. The number of aryl methyl sites for hydroxylation is 4. The van der Waals surface area contributed by atoms with E-state index < -0.39 is 5.97 Å². The molecule has 1 N–H and O–H groups in total. The summed E-state index contributed by atoms with van der Waals surface area (Å²) in [6.07, 6.45) is 2.31. The Morgan fingerprint density at radius 1 is 1.38 bits per heavy atom. The van der Waals surface area contributed by atoms with Crippen LogP contribution in [0, 0.1) is 6.92 Å². The zero-order valence-corrected chi connectivity index (χ0v) is 11.8. The molecule has 0 amide bonds. The van der Waals surface area contributed by atoms with Crippen LogP contribution < -0.4 is 0 Å². The van der Waals surface area contributed by atoms with Crippen LogP contribution in [0.4, 0.5) is 0 Å². The summed E-state index contributed by atoms with van der Waals surface area (Å²) >= 11 is 0. The van der Waals surface area contributed by atoms with Gasteiger partial charge in [0.15, 0.2) is 0 Å². The summed E-state index contributed by atoms with van der Waals surface area (Å²) in [5, 5.41) is 17.2. The van der Waals surface area contributed by atoms with Crippen LogP contribution in [0.3, 0.4) is 0 Å². The number of para-hydroxylation sites is 1. The molecule has 108 valence electrons. The number of fused-ring (bicyclic) bond motifs is 1. The van der Waals surface area contributed by atoms with Gasteiger partial charge in [-0.1, -0.05) is 6.07 Å². The Bertz CT molecular complexity index is 818. The first-order valence-corrected chi connectivity index (χ1v) is 6.60. The quantitative estimate of drug-likeness (QED) is 0.783. The van der Waals surface area contributed by atoms with Gasteiger partial charge in [-0.15, -0.1) is 10.2 Å². The van der Waals surface area contributed by atoms with Gasteiger partial charge in [0, 0.05) is 20.0 Å². The number of rotatable bonds is 4. The second-order valence-corrected chi connectivity index (χ2v) is 4.90. The number of hydrogen-bond donors (Lipinski definition) is 1. The molecule has 2 heterocycles. The van der Waals surface area contributed by atoms with E-state index in [9.17, 15) is 9.90 Å². The number of imidazole rings is 1. The van der Waals surface area contributed by atoms with Crippen molar-refractivity contribution >= 4 is 17.0 Å². The molecule has 0 radical (unpaired) electrons. The molecule has 0 fully saturated rings. The van der Waals surface area contributed by atoms with E-state index >= 15 is 0 Å². The summed E-state index contributed by atoms with van der Waals surface area (Å²) < 4.78 is 3.78. The van der Waals surface area contributed by atoms with Gasteiger partial charge < -0.3 is 14.2 Å². The largest absolute Gasteiger partial charge is 0.478 e. The van der Waals surface area contributed by atoms with E-state index in [2.05, 4.69) is 15.2 Å². The van der Waals surface area contributed by atoms with Crippen LogP contribution in [0.1, 0.15) is 22.0 Å². The second kappa shape index (κ2) is 5.01. The van der Waals surface area contributed by atoms with Crippen LogP contribution in [-0.4, -0.2) is 35.4 Å². The van der Waals surface area contributed by atoms with Crippen molar-refractivity contribution in [1.29, 1.82) is 0 Å². The van der Waals surface area contributed by atoms with Gasteiger partial charge in [-0.05, 0) is 19.1 Å². The summed E-state index contributed by atoms with van der Waals surface area (Å²) in [5.41, 5.74) is 1.63. The topological polar surface area (TPSA) is 85.8 Å². The molecule has 0 aliphatic carbocycles. The van der Waals surface area contributed by atoms with Crippen LogP contribution in [-0.2, 0) is 20.0 Å². The zero-order valence-electron chi connectivity index (χ0n) is 11.8. The molecule has 0 aliphatic rings. The van der Waals surface area contributed by atoms with E-state index in [1.807, 2.05) is 29.2 Å². The zero-order chi connectivity index (χ0) is 15.0. The van der Waals surface area contributed by atoms with Crippen molar-refractivity contribution in [2.45, 2.75) is 19.9 Å². The number of aromatic nitrogens is 5. The molecule has 0 aliphatic heterocycles. The normalized spacial score (nSPS) is 11.1.